The Morgan fingerprint density at radius 1 is 0.818 bits per heavy atom. The molecule has 0 aliphatic carbocycles. The van der Waals surface area contributed by atoms with Gasteiger partial charge in [-0.05, 0) is 41.0 Å². The van der Waals surface area contributed by atoms with Crippen molar-refractivity contribution < 1.29 is 0 Å². The van der Waals surface area contributed by atoms with Gasteiger partial charge in [-0.1, -0.05) is 48.0 Å². The van der Waals surface area contributed by atoms with Crippen LogP contribution in [0.2, 0.25) is 5.02 Å². The molecular formula is C19H13ClN2. The Balaban J connectivity index is 2.01. The maximum atomic E-state index is 6.23. The lowest BCUT2D eigenvalue weighted by Gasteiger charge is -2.11. The third-order valence-electron chi connectivity index (χ3n) is 3.86. The summed E-state index contributed by atoms with van der Waals surface area (Å²) in [6.07, 6.45) is 1.79. The summed E-state index contributed by atoms with van der Waals surface area (Å²) in [5, 5.41) is 0.710. The number of nitrogens with zero attached hydrogens (tertiary/aromatic N) is 2. The lowest BCUT2D eigenvalue weighted by atomic mass is 9.93. The fraction of sp³-hybridized carbons (Fsp3) is 0.0526. The predicted molar refractivity (Wildman–Crippen MR) is 90.5 cm³/mol. The van der Waals surface area contributed by atoms with E-state index in [1.54, 1.807) is 6.20 Å². The quantitative estimate of drug-likeness (QED) is 0.636. The molecule has 1 aliphatic rings. The van der Waals surface area contributed by atoms with Gasteiger partial charge in [0.05, 0.1) is 18.0 Å². The Bertz CT molecular complexity index is 870. The Labute approximate surface area is 134 Å². The zero-order valence-corrected chi connectivity index (χ0v) is 12.6. The fourth-order valence-electron chi connectivity index (χ4n) is 2.84. The highest BCUT2D eigenvalue weighted by atomic mass is 35.5. The first kappa shape index (κ1) is 13.2. The van der Waals surface area contributed by atoms with Crippen molar-refractivity contribution in [2.45, 2.75) is 6.54 Å². The van der Waals surface area contributed by atoms with Crippen molar-refractivity contribution in [1.82, 2.24) is 4.98 Å². The van der Waals surface area contributed by atoms with Crippen molar-refractivity contribution in [3.05, 3.63) is 88.7 Å². The molecule has 0 N–H and O–H groups in total. The molecule has 2 aromatic carbocycles. The number of hydrogen-bond acceptors (Lipinski definition) is 2. The number of aromatic nitrogens is 1. The van der Waals surface area contributed by atoms with Crippen molar-refractivity contribution in [1.29, 1.82) is 0 Å². The first-order valence-electron chi connectivity index (χ1n) is 7.17. The average molecular weight is 305 g/mol. The molecule has 0 bridgehead atoms. The first-order valence-corrected chi connectivity index (χ1v) is 7.55. The smallest absolute Gasteiger partial charge is 0.0913 e. The second-order valence-corrected chi connectivity index (χ2v) is 5.66. The number of halogens is 1. The van der Waals surface area contributed by atoms with Crippen LogP contribution in [0, 0.1) is 0 Å². The summed E-state index contributed by atoms with van der Waals surface area (Å²) in [6, 6.07) is 20.2. The first-order chi connectivity index (χ1) is 10.8. The molecule has 0 atom stereocenters. The molecule has 0 amide bonds. The van der Waals surface area contributed by atoms with Gasteiger partial charge in [-0.25, -0.2) is 0 Å². The van der Waals surface area contributed by atoms with Crippen LogP contribution in [-0.2, 0) is 6.54 Å². The molecule has 4 rings (SSSR count). The third-order valence-corrected chi connectivity index (χ3v) is 4.09. The third kappa shape index (κ3) is 2.22. The molecular weight excluding hydrogens is 292 g/mol. The summed E-state index contributed by atoms with van der Waals surface area (Å²) in [7, 11) is 0. The van der Waals surface area contributed by atoms with Crippen LogP contribution >= 0.6 is 11.6 Å². The minimum Gasteiger partial charge on any atom is -0.278 e. The van der Waals surface area contributed by atoms with Crippen molar-refractivity contribution in [2.24, 2.45) is 4.99 Å². The second kappa shape index (κ2) is 5.39. The van der Waals surface area contributed by atoms with Gasteiger partial charge in [0.1, 0.15) is 0 Å². The summed E-state index contributed by atoms with van der Waals surface area (Å²) in [4.78, 5) is 9.27. The Hall–Kier alpha value is -2.45. The van der Waals surface area contributed by atoms with E-state index in [9.17, 15) is 0 Å². The van der Waals surface area contributed by atoms with Crippen LogP contribution in [0.1, 0.15) is 16.8 Å². The SMILES string of the molecule is Clc1ccc2c(c1)C(c1ccccn1)=NCc1ccccc1-2. The van der Waals surface area contributed by atoms with E-state index >= 15 is 0 Å². The zero-order valence-electron chi connectivity index (χ0n) is 11.8. The molecule has 0 spiro atoms. The monoisotopic (exact) mass is 304 g/mol. The largest absolute Gasteiger partial charge is 0.278 e. The fourth-order valence-corrected chi connectivity index (χ4v) is 3.01. The Kier molecular flexibility index (Phi) is 3.24. The van der Waals surface area contributed by atoms with E-state index in [2.05, 4.69) is 35.3 Å². The number of hydrogen-bond donors (Lipinski definition) is 0. The lowest BCUT2D eigenvalue weighted by molar-refractivity contribution is 1.07. The number of benzene rings is 2. The van der Waals surface area contributed by atoms with Gasteiger partial charge in [0.15, 0.2) is 0 Å². The highest BCUT2D eigenvalue weighted by molar-refractivity contribution is 6.31. The van der Waals surface area contributed by atoms with E-state index < -0.39 is 0 Å². The topological polar surface area (TPSA) is 25.2 Å². The number of pyridine rings is 1. The van der Waals surface area contributed by atoms with Gasteiger partial charge in [0, 0.05) is 16.8 Å². The highest BCUT2D eigenvalue weighted by Crippen LogP contribution is 2.33. The van der Waals surface area contributed by atoms with Crippen molar-refractivity contribution in [3.8, 4) is 11.1 Å². The minimum absolute atomic E-state index is 0.647. The molecule has 0 saturated heterocycles. The van der Waals surface area contributed by atoms with Crippen LogP contribution in [0.3, 0.4) is 0 Å². The summed E-state index contributed by atoms with van der Waals surface area (Å²) >= 11 is 6.23. The molecule has 0 unspecified atom stereocenters. The maximum Gasteiger partial charge on any atom is 0.0913 e. The maximum absolute atomic E-state index is 6.23. The van der Waals surface area contributed by atoms with E-state index in [4.69, 9.17) is 16.6 Å². The molecule has 3 heteroatoms. The summed E-state index contributed by atoms with van der Waals surface area (Å²) in [5.74, 6) is 0. The minimum atomic E-state index is 0.647. The normalized spacial score (nSPS) is 12.9. The van der Waals surface area contributed by atoms with E-state index in [0.29, 0.717) is 11.6 Å². The van der Waals surface area contributed by atoms with Crippen molar-refractivity contribution in [3.63, 3.8) is 0 Å². The van der Waals surface area contributed by atoms with Gasteiger partial charge in [-0.2, -0.15) is 0 Å². The average Bonchev–Trinajstić information content (AvgIpc) is 2.72. The van der Waals surface area contributed by atoms with Crippen LogP contribution in [0.4, 0.5) is 0 Å². The number of aliphatic imine (C=N–C) groups is 1. The number of fused-ring (bicyclic) bond motifs is 3. The molecule has 0 saturated carbocycles. The van der Waals surface area contributed by atoms with E-state index in [1.165, 1.54) is 11.1 Å². The molecule has 1 aromatic heterocycles. The molecule has 0 fully saturated rings. The van der Waals surface area contributed by atoms with Crippen LogP contribution in [0.15, 0.2) is 71.9 Å². The summed E-state index contributed by atoms with van der Waals surface area (Å²) < 4.78 is 0. The molecule has 3 aromatic rings. The second-order valence-electron chi connectivity index (χ2n) is 5.23. The molecule has 2 heterocycles. The zero-order chi connectivity index (χ0) is 14.9. The van der Waals surface area contributed by atoms with Gasteiger partial charge >= 0.3 is 0 Å². The van der Waals surface area contributed by atoms with Crippen LogP contribution in [0.5, 0.6) is 0 Å². The molecule has 1 aliphatic heterocycles. The molecule has 2 nitrogen and oxygen atoms in total. The van der Waals surface area contributed by atoms with Gasteiger partial charge in [0.25, 0.3) is 0 Å². The van der Waals surface area contributed by atoms with E-state index in [0.717, 1.165) is 22.5 Å². The van der Waals surface area contributed by atoms with E-state index in [1.807, 2.05) is 30.3 Å². The van der Waals surface area contributed by atoms with Crippen molar-refractivity contribution in [2.75, 3.05) is 0 Å². The van der Waals surface area contributed by atoms with Crippen LogP contribution in [-0.4, -0.2) is 10.7 Å². The van der Waals surface area contributed by atoms with Crippen molar-refractivity contribution >= 4 is 17.3 Å². The summed E-state index contributed by atoms with van der Waals surface area (Å²) in [5.41, 5.74) is 6.40. The summed E-state index contributed by atoms with van der Waals surface area (Å²) in [6.45, 7) is 0.647. The van der Waals surface area contributed by atoms with Gasteiger partial charge in [-0.15, -0.1) is 0 Å². The van der Waals surface area contributed by atoms with Crippen LogP contribution < -0.4 is 0 Å². The molecule has 106 valence electrons. The van der Waals surface area contributed by atoms with E-state index in [-0.39, 0.29) is 0 Å². The predicted octanol–water partition coefficient (Wildman–Crippen LogP) is 4.75. The van der Waals surface area contributed by atoms with Gasteiger partial charge < -0.3 is 0 Å². The van der Waals surface area contributed by atoms with Crippen LogP contribution in [0.25, 0.3) is 11.1 Å². The number of rotatable bonds is 1. The highest BCUT2D eigenvalue weighted by Gasteiger charge is 2.19. The molecule has 22 heavy (non-hydrogen) atoms. The standard InChI is InChI=1S/C19H13ClN2/c20-14-8-9-16-15-6-2-1-5-13(15)12-22-19(17(16)11-14)18-7-3-4-10-21-18/h1-11H,12H2. The van der Waals surface area contributed by atoms with Gasteiger partial charge in [-0.3, -0.25) is 9.98 Å². The lowest BCUT2D eigenvalue weighted by Crippen LogP contribution is -2.06. The Morgan fingerprint density at radius 2 is 1.68 bits per heavy atom. The Morgan fingerprint density at radius 3 is 2.55 bits per heavy atom. The molecule has 0 radical (unpaired) electrons. The van der Waals surface area contributed by atoms with Gasteiger partial charge in [0.2, 0.25) is 0 Å².